The topological polar surface area (TPSA) is 76.8 Å². The lowest BCUT2D eigenvalue weighted by Gasteiger charge is -2.18. The van der Waals surface area contributed by atoms with E-state index in [0.29, 0.717) is 22.7 Å². The molecule has 0 bridgehead atoms. The van der Waals surface area contributed by atoms with Gasteiger partial charge in [0.05, 0.1) is 5.69 Å². The molecule has 0 saturated carbocycles. The number of aryl methyl sites for hydroxylation is 1. The fourth-order valence-electron chi connectivity index (χ4n) is 3.28. The van der Waals surface area contributed by atoms with Crippen LogP contribution in [0.2, 0.25) is 0 Å². The highest BCUT2D eigenvalue weighted by atomic mass is 16.5. The lowest BCUT2D eigenvalue weighted by molar-refractivity contribution is 0.0468. The molecular formula is C20H20N4O3. The third-order valence-corrected chi connectivity index (χ3v) is 4.64. The van der Waals surface area contributed by atoms with Crippen molar-refractivity contribution in [2.24, 2.45) is 0 Å². The Balaban J connectivity index is 1.55. The molecule has 7 heteroatoms. The Kier molecular flexibility index (Phi) is 4.58. The molecule has 0 aromatic carbocycles. The minimum atomic E-state index is -0.462. The summed E-state index contributed by atoms with van der Waals surface area (Å²) in [5.41, 5.74) is 2.19. The van der Waals surface area contributed by atoms with Crippen molar-refractivity contribution in [2.45, 2.75) is 26.4 Å². The van der Waals surface area contributed by atoms with E-state index in [1.54, 1.807) is 24.5 Å². The fraction of sp³-hybridized carbons (Fsp3) is 0.300. The van der Waals surface area contributed by atoms with Gasteiger partial charge in [-0.25, -0.2) is 14.8 Å². The number of aromatic nitrogens is 3. The van der Waals surface area contributed by atoms with Crippen molar-refractivity contribution in [3.63, 3.8) is 0 Å². The molecule has 0 aliphatic carbocycles. The number of rotatable bonds is 4. The number of nitrogens with zero attached hydrogens (tertiary/aromatic N) is 4. The highest BCUT2D eigenvalue weighted by Crippen LogP contribution is 2.22. The van der Waals surface area contributed by atoms with E-state index < -0.39 is 5.97 Å². The number of hydrogen-bond acceptors (Lipinski definition) is 6. The fourth-order valence-corrected chi connectivity index (χ4v) is 3.28. The number of pyridine rings is 2. The van der Waals surface area contributed by atoms with Crippen molar-refractivity contribution in [1.29, 1.82) is 0 Å². The molecule has 138 valence electrons. The normalized spacial score (nSPS) is 13.9. The van der Waals surface area contributed by atoms with Crippen molar-refractivity contribution < 1.29 is 9.53 Å². The maximum Gasteiger partial charge on any atom is 0.342 e. The van der Waals surface area contributed by atoms with Crippen LogP contribution in [0.3, 0.4) is 0 Å². The smallest absolute Gasteiger partial charge is 0.342 e. The Morgan fingerprint density at radius 1 is 1.22 bits per heavy atom. The molecule has 4 rings (SSSR count). The van der Waals surface area contributed by atoms with Gasteiger partial charge in [0.2, 0.25) is 0 Å². The van der Waals surface area contributed by atoms with Gasteiger partial charge in [0.25, 0.3) is 5.56 Å². The molecule has 4 heterocycles. The van der Waals surface area contributed by atoms with E-state index >= 15 is 0 Å². The first-order chi connectivity index (χ1) is 13.1. The Labute approximate surface area is 156 Å². The van der Waals surface area contributed by atoms with Crippen molar-refractivity contribution in [2.75, 3.05) is 18.0 Å². The maximum atomic E-state index is 12.6. The molecule has 7 nitrogen and oxygen atoms in total. The molecule has 1 saturated heterocycles. The number of carbonyl (C=O) groups excluding carboxylic acids is 1. The molecule has 3 aromatic heterocycles. The van der Waals surface area contributed by atoms with Crippen LogP contribution in [0.25, 0.3) is 5.65 Å². The average molecular weight is 364 g/mol. The van der Waals surface area contributed by atoms with Crippen LogP contribution < -0.4 is 10.5 Å². The Morgan fingerprint density at radius 2 is 2.04 bits per heavy atom. The minimum Gasteiger partial charge on any atom is -0.455 e. The van der Waals surface area contributed by atoms with Gasteiger partial charge < -0.3 is 9.64 Å². The van der Waals surface area contributed by atoms with Crippen molar-refractivity contribution >= 4 is 17.4 Å². The monoisotopic (exact) mass is 364 g/mol. The summed E-state index contributed by atoms with van der Waals surface area (Å²) < 4.78 is 6.90. The quantitative estimate of drug-likeness (QED) is 0.662. The molecule has 0 unspecified atom stereocenters. The molecule has 1 aliphatic heterocycles. The highest BCUT2D eigenvalue weighted by molar-refractivity contribution is 5.94. The lowest BCUT2D eigenvalue weighted by Crippen LogP contribution is -2.23. The third-order valence-electron chi connectivity index (χ3n) is 4.64. The summed E-state index contributed by atoms with van der Waals surface area (Å²) in [5, 5.41) is 0. The largest absolute Gasteiger partial charge is 0.455 e. The molecule has 0 radical (unpaired) electrons. The number of esters is 1. The second-order valence-corrected chi connectivity index (χ2v) is 6.66. The third kappa shape index (κ3) is 3.53. The van der Waals surface area contributed by atoms with E-state index in [-0.39, 0.29) is 12.2 Å². The van der Waals surface area contributed by atoms with Gasteiger partial charge in [-0.05, 0) is 49.6 Å². The number of ether oxygens (including phenoxy) is 1. The zero-order valence-corrected chi connectivity index (χ0v) is 15.1. The number of anilines is 1. The van der Waals surface area contributed by atoms with Crippen LogP contribution in [-0.2, 0) is 11.3 Å². The van der Waals surface area contributed by atoms with Gasteiger partial charge in [-0.1, -0.05) is 0 Å². The molecule has 27 heavy (non-hydrogen) atoms. The van der Waals surface area contributed by atoms with Crippen molar-refractivity contribution in [3.8, 4) is 0 Å². The first-order valence-corrected chi connectivity index (χ1v) is 8.98. The summed E-state index contributed by atoms with van der Waals surface area (Å²) in [6, 6.07) is 8.49. The Morgan fingerprint density at radius 3 is 2.85 bits per heavy atom. The van der Waals surface area contributed by atoms with Crippen LogP contribution in [0, 0.1) is 6.92 Å². The second-order valence-electron chi connectivity index (χ2n) is 6.66. The van der Waals surface area contributed by atoms with E-state index in [1.807, 2.05) is 19.1 Å². The average Bonchev–Trinajstić information content (AvgIpc) is 3.20. The minimum absolute atomic E-state index is 0.0626. The molecule has 3 aromatic rings. The highest BCUT2D eigenvalue weighted by Gasteiger charge is 2.21. The lowest BCUT2D eigenvalue weighted by atomic mass is 10.2. The summed E-state index contributed by atoms with van der Waals surface area (Å²) in [6.45, 7) is 3.65. The van der Waals surface area contributed by atoms with Crippen LogP contribution in [0.15, 0.2) is 47.5 Å². The Bertz CT molecular complexity index is 1050. The molecule has 0 N–H and O–H groups in total. The van der Waals surface area contributed by atoms with Gasteiger partial charge in [0, 0.05) is 31.5 Å². The maximum absolute atomic E-state index is 12.6. The van der Waals surface area contributed by atoms with E-state index in [9.17, 15) is 9.59 Å². The SMILES string of the molecule is Cc1ccn2c(=O)cc(COC(=O)c3cccnc3N3CCCC3)nc2c1. The zero-order valence-electron chi connectivity index (χ0n) is 15.1. The van der Waals surface area contributed by atoms with Gasteiger partial charge in [-0.2, -0.15) is 0 Å². The second kappa shape index (κ2) is 7.19. The number of carbonyl (C=O) groups is 1. The summed E-state index contributed by atoms with van der Waals surface area (Å²) >= 11 is 0. The van der Waals surface area contributed by atoms with E-state index in [0.717, 1.165) is 31.5 Å². The first-order valence-electron chi connectivity index (χ1n) is 8.98. The standard InChI is InChI=1S/C20H20N4O3/c1-14-6-10-24-17(11-14)22-15(12-18(24)25)13-27-20(26)16-5-4-7-21-19(16)23-8-2-3-9-23/h4-7,10-12H,2-3,8-9,13H2,1H3. The molecule has 1 fully saturated rings. The van der Waals surface area contributed by atoms with Crippen molar-refractivity contribution in [3.05, 3.63) is 69.9 Å². The summed E-state index contributed by atoms with van der Waals surface area (Å²) in [5.74, 6) is 0.193. The summed E-state index contributed by atoms with van der Waals surface area (Å²) in [7, 11) is 0. The van der Waals surface area contributed by atoms with Crippen LogP contribution in [0.1, 0.15) is 34.5 Å². The van der Waals surface area contributed by atoms with E-state index in [1.165, 1.54) is 10.5 Å². The molecule has 0 amide bonds. The van der Waals surface area contributed by atoms with Crippen LogP contribution in [-0.4, -0.2) is 33.4 Å². The van der Waals surface area contributed by atoms with Gasteiger partial charge in [0.1, 0.15) is 23.6 Å². The van der Waals surface area contributed by atoms with Crippen LogP contribution >= 0.6 is 0 Å². The predicted molar refractivity (Wildman–Crippen MR) is 101 cm³/mol. The van der Waals surface area contributed by atoms with E-state index in [2.05, 4.69) is 14.9 Å². The first kappa shape index (κ1) is 17.2. The summed E-state index contributed by atoms with van der Waals surface area (Å²) in [4.78, 5) is 35.7. The van der Waals surface area contributed by atoms with Gasteiger partial charge in [0.15, 0.2) is 0 Å². The van der Waals surface area contributed by atoms with Crippen LogP contribution in [0.5, 0.6) is 0 Å². The molecular weight excluding hydrogens is 344 g/mol. The van der Waals surface area contributed by atoms with Gasteiger partial charge >= 0.3 is 5.97 Å². The van der Waals surface area contributed by atoms with Crippen molar-refractivity contribution in [1.82, 2.24) is 14.4 Å². The van der Waals surface area contributed by atoms with Gasteiger partial charge in [-0.3, -0.25) is 9.20 Å². The molecule has 0 atom stereocenters. The zero-order chi connectivity index (χ0) is 18.8. The van der Waals surface area contributed by atoms with E-state index in [4.69, 9.17) is 4.74 Å². The van der Waals surface area contributed by atoms with Gasteiger partial charge in [-0.15, -0.1) is 0 Å². The molecule has 0 spiro atoms. The van der Waals surface area contributed by atoms with Crippen LogP contribution in [0.4, 0.5) is 5.82 Å². The Hall–Kier alpha value is -3.22. The summed E-state index contributed by atoms with van der Waals surface area (Å²) in [6.07, 6.45) is 5.55. The number of hydrogen-bond donors (Lipinski definition) is 0. The molecule has 1 aliphatic rings. The predicted octanol–water partition coefficient (Wildman–Crippen LogP) is 2.36. The number of fused-ring (bicyclic) bond motifs is 1.